The average molecular weight is 300 g/mol. The molecule has 1 N–H and O–H groups in total. The molecule has 1 aromatic carbocycles. The SMILES string of the molecule is CNc1cc(-c2cc3cc(F)c(F)cc3n2C2CC2)cnn1. The third-order valence-corrected chi connectivity index (χ3v) is 4.00. The number of hydrogen-bond acceptors (Lipinski definition) is 3. The van der Waals surface area contributed by atoms with Gasteiger partial charge in [-0.2, -0.15) is 5.10 Å². The van der Waals surface area contributed by atoms with E-state index in [0.29, 0.717) is 17.2 Å². The second kappa shape index (κ2) is 4.76. The van der Waals surface area contributed by atoms with Gasteiger partial charge >= 0.3 is 0 Å². The fourth-order valence-electron chi connectivity index (χ4n) is 2.80. The lowest BCUT2D eigenvalue weighted by atomic mass is 10.2. The van der Waals surface area contributed by atoms with E-state index in [4.69, 9.17) is 0 Å². The Labute approximate surface area is 125 Å². The molecule has 1 aliphatic rings. The molecule has 6 heteroatoms. The first-order valence-electron chi connectivity index (χ1n) is 7.18. The van der Waals surface area contributed by atoms with Crippen molar-refractivity contribution in [2.75, 3.05) is 12.4 Å². The van der Waals surface area contributed by atoms with Crippen molar-refractivity contribution in [2.24, 2.45) is 0 Å². The van der Waals surface area contributed by atoms with Crippen molar-refractivity contribution < 1.29 is 8.78 Å². The number of aromatic nitrogens is 3. The molecule has 22 heavy (non-hydrogen) atoms. The molecule has 112 valence electrons. The summed E-state index contributed by atoms with van der Waals surface area (Å²) in [5.74, 6) is -0.985. The minimum absolute atomic E-state index is 0.337. The molecule has 1 aliphatic carbocycles. The Morgan fingerprint density at radius 3 is 2.64 bits per heavy atom. The highest BCUT2D eigenvalue weighted by molar-refractivity contribution is 5.87. The molecule has 1 saturated carbocycles. The standard InChI is InChI=1S/C16H14F2N4/c1-19-16-6-10(8-20-21-16)14-5-9-4-12(17)13(18)7-15(9)22(14)11-2-3-11/h4-8,11H,2-3H2,1H3,(H,19,21). The molecule has 0 aliphatic heterocycles. The zero-order chi connectivity index (χ0) is 15.3. The van der Waals surface area contributed by atoms with E-state index in [0.717, 1.165) is 29.6 Å². The molecule has 2 heterocycles. The normalized spacial score (nSPS) is 14.5. The van der Waals surface area contributed by atoms with Crippen LogP contribution in [0.2, 0.25) is 0 Å². The fraction of sp³-hybridized carbons (Fsp3) is 0.250. The monoisotopic (exact) mass is 300 g/mol. The number of benzene rings is 1. The third kappa shape index (κ3) is 2.03. The quantitative estimate of drug-likeness (QED) is 0.801. The van der Waals surface area contributed by atoms with Gasteiger partial charge in [-0.15, -0.1) is 5.10 Å². The molecular weight excluding hydrogens is 286 g/mol. The van der Waals surface area contributed by atoms with Crippen molar-refractivity contribution in [3.8, 4) is 11.3 Å². The molecular formula is C16H14F2N4. The summed E-state index contributed by atoms with van der Waals surface area (Å²) in [6.07, 6.45) is 3.76. The van der Waals surface area contributed by atoms with Crippen molar-refractivity contribution >= 4 is 16.7 Å². The first-order valence-corrected chi connectivity index (χ1v) is 7.18. The van der Waals surface area contributed by atoms with Crippen molar-refractivity contribution in [1.29, 1.82) is 0 Å². The van der Waals surface area contributed by atoms with Crippen LogP contribution < -0.4 is 5.32 Å². The predicted molar refractivity (Wildman–Crippen MR) is 80.7 cm³/mol. The summed E-state index contributed by atoms with van der Waals surface area (Å²) >= 11 is 0. The van der Waals surface area contributed by atoms with Crippen LogP contribution in [0.15, 0.2) is 30.5 Å². The average Bonchev–Trinajstić information content (AvgIpc) is 3.30. The van der Waals surface area contributed by atoms with Gasteiger partial charge in [0.25, 0.3) is 0 Å². The van der Waals surface area contributed by atoms with E-state index < -0.39 is 11.6 Å². The summed E-state index contributed by atoms with van der Waals surface area (Å²) in [4.78, 5) is 0. The van der Waals surface area contributed by atoms with Crippen LogP contribution in [0.4, 0.5) is 14.6 Å². The predicted octanol–water partition coefficient (Wildman–Crippen LogP) is 3.75. The second-order valence-corrected chi connectivity index (χ2v) is 5.54. The van der Waals surface area contributed by atoms with Gasteiger partial charge in [0, 0.05) is 30.1 Å². The highest BCUT2D eigenvalue weighted by Gasteiger charge is 2.28. The second-order valence-electron chi connectivity index (χ2n) is 5.54. The van der Waals surface area contributed by atoms with E-state index in [1.165, 1.54) is 12.1 Å². The van der Waals surface area contributed by atoms with Crippen molar-refractivity contribution in [3.63, 3.8) is 0 Å². The largest absolute Gasteiger partial charge is 0.372 e. The van der Waals surface area contributed by atoms with Gasteiger partial charge in [-0.3, -0.25) is 0 Å². The van der Waals surface area contributed by atoms with Gasteiger partial charge < -0.3 is 9.88 Å². The molecule has 0 spiro atoms. The van der Waals surface area contributed by atoms with Gasteiger partial charge in [-0.05, 0) is 31.0 Å². The lowest BCUT2D eigenvalue weighted by Gasteiger charge is -2.10. The van der Waals surface area contributed by atoms with E-state index in [-0.39, 0.29) is 0 Å². The van der Waals surface area contributed by atoms with Gasteiger partial charge in [0.1, 0.15) is 5.82 Å². The molecule has 0 atom stereocenters. The highest BCUT2D eigenvalue weighted by Crippen LogP contribution is 2.42. The van der Waals surface area contributed by atoms with Gasteiger partial charge in [0.15, 0.2) is 11.6 Å². The number of nitrogens with one attached hydrogen (secondary N) is 1. The maximum atomic E-state index is 13.6. The van der Waals surface area contributed by atoms with Gasteiger partial charge in [-0.1, -0.05) is 0 Å². The Morgan fingerprint density at radius 1 is 1.14 bits per heavy atom. The number of hydrogen-bond donors (Lipinski definition) is 1. The number of fused-ring (bicyclic) bond motifs is 1. The van der Waals surface area contributed by atoms with Crippen molar-refractivity contribution in [3.05, 3.63) is 42.1 Å². The lowest BCUT2D eigenvalue weighted by Crippen LogP contribution is -1.99. The maximum absolute atomic E-state index is 13.6. The van der Waals surface area contributed by atoms with Gasteiger partial charge in [-0.25, -0.2) is 8.78 Å². The topological polar surface area (TPSA) is 42.7 Å². The lowest BCUT2D eigenvalue weighted by molar-refractivity contribution is 0.510. The van der Waals surface area contributed by atoms with Crippen LogP contribution in [-0.2, 0) is 0 Å². The number of rotatable bonds is 3. The molecule has 0 unspecified atom stereocenters. The van der Waals surface area contributed by atoms with E-state index >= 15 is 0 Å². The smallest absolute Gasteiger partial charge is 0.160 e. The first-order chi connectivity index (χ1) is 10.7. The first kappa shape index (κ1) is 13.2. The van der Waals surface area contributed by atoms with Crippen molar-refractivity contribution in [1.82, 2.24) is 14.8 Å². The van der Waals surface area contributed by atoms with Crippen LogP contribution in [0.1, 0.15) is 18.9 Å². The van der Waals surface area contributed by atoms with Gasteiger partial charge in [0.2, 0.25) is 0 Å². The van der Waals surface area contributed by atoms with Gasteiger partial charge in [0.05, 0.1) is 17.4 Å². The van der Waals surface area contributed by atoms with Crippen LogP contribution in [0.5, 0.6) is 0 Å². The molecule has 0 amide bonds. The summed E-state index contributed by atoms with van der Waals surface area (Å²) in [6.45, 7) is 0. The molecule has 4 rings (SSSR count). The van der Waals surface area contributed by atoms with E-state index in [9.17, 15) is 8.78 Å². The number of nitrogens with zero attached hydrogens (tertiary/aromatic N) is 3. The zero-order valence-electron chi connectivity index (χ0n) is 12.0. The Hall–Kier alpha value is -2.50. The Kier molecular flexibility index (Phi) is 2.85. The molecule has 0 bridgehead atoms. The Balaban J connectivity index is 1.98. The van der Waals surface area contributed by atoms with Crippen LogP contribution >= 0.6 is 0 Å². The van der Waals surface area contributed by atoms with E-state index in [1.807, 2.05) is 12.1 Å². The summed E-state index contributed by atoms with van der Waals surface area (Å²) in [5.41, 5.74) is 2.51. The fourth-order valence-corrected chi connectivity index (χ4v) is 2.80. The van der Waals surface area contributed by atoms with Crippen LogP contribution in [0.25, 0.3) is 22.2 Å². The highest BCUT2D eigenvalue weighted by atomic mass is 19.2. The summed E-state index contributed by atoms with van der Waals surface area (Å²) < 4.78 is 29.2. The minimum Gasteiger partial charge on any atom is -0.372 e. The van der Waals surface area contributed by atoms with E-state index in [1.54, 1.807) is 13.2 Å². The molecule has 0 saturated heterocycles. The van der Waals surface area contributed by atoms with Crippen LogP contribution in [-0.4, -0.2) is 21.8 Å². The minimum atomic E-state index is -0.823. The van der Waals surface area contributed by atoms with Crippen molar-refractivity contribution in [2.45, 2.75) is 18.9 Å². The molecule has 0 radical (unpaired) electrons. The summed E-state index contributed by atoms with van der Waals surface area (Å²) in [5, 5.41) is 11.6. The third-order valence-electron chi connectivity index (χ3n) is 4.00. The molecule has 1 fully saturated rings. The summed E-state index contributed by atoms with van der Waals surface area (Å²) in [6, 6.07) is 6.63. The Morgan fingerprint density at radius 2 is 1.91 bits per heavy atom. The molecule has 2 aromatic heterocycles. The Bertz CT molecular complexity index is 868. The molecule has 4 nitrogen and oxygen atoms in total. The summed E-state index contributed by atoms with van der Waals surface area (Å²) in [7, 11) is 1.77. The number of anilines is 1. The van der Waals surface area contributed by atoms with Crippen LogP contribution in [0.3, 0.4) is 0 Å². The van der Waals surface area contributed by atoms with E-state index in [2.05, 4.69) is 20.1 Å². The van der Waals surface area contributed by atoms with Crippen LogP contribution in [0, 0.1) is 11.6 Å². The number of halogens is 2. The zero-order valence-corrected chi connectivity index (χ0v) is 12.0. The maximum Gasteiger partial charge on any atom is 0.160 e. The molecule has 3 aromatic rings.